The van der Waals surface area contributed by atoms with E-state index in [1.54, 1.807) is 74.5 Å². The summed E-state index contributed by atoms with van der Waals surface area (Å²) in [5.74, 6) is -1.41. The van der Waals surface area contributed by atoms with Crippen LogP contribution in [0.4, 0.5) is 9.59 Å². The van der Waals surface area contributed by atoms with Gasteiger partial charge < -0.3 is 43.2 Å². The van der Waals surface area contributed by atoms with Gasteiger partial charge in [-0.2, -0.15) is 0 Å². The fourth-order valence-electron chi connectivity index (χ4n) is 7.15. The lowest BCUT2D eigenvalue weighted by molar-refractivity contribution is -0.175. The molecule has 1 spiro atoms. The Labute approximate surface area is 280 Å². The van der Waals surface area contributed by atoms with Gasteiger partial charge in [0.1, 0.15) is 22.6 Å². The number of ether oxygens (including phenoxy) is 7. The molecule has 13 nitrogen and oxygen atoms in total. The van der Waals surface area contributed by atoms with Crippen molar-refractivity contribution in [3.63, 3.8) is 0 Å². The lowest BCUT2D eigenvalue weighted by Gasteiger charge is -2.61. The summed E-state index contributed by atoms with van der Waals surface area (Å²) in [5.41, 5.74) is -3.39. The Morgan fingerprint density at radius 2 is 1.56 bits per heavy atom. The number of rotatable bonds is 6. The molecular formula is C35H47NO12. The zero-order chi connectivity index (χ0) is 35.6. The summed E-state index contributed by atoms with van der Waals surface area (Å²) in [6.45, 7) is 15.7. The lowest BCUT2D eigenvalue weighted by Crippen LogP contribution is -2.74. The highest BCUT2D eigenvalue weighted by molar-refractivity contribution is 5.84. The molecule has 4 aliphatic rings. The molecule has 5 rings (SSSR count). The average molecular weight is 674 g/mol. The van der Waals surface area contributed by atoms with Gasteiger partial charge in [0.05, 0.1) is 17.4 Å². The summed E-state index contributed by atoms with van der Waals surface area (Å²) in [6, 6.07) is 3.21. The Bertz CT molecular complexity index is 1500. The molecule has 2 aliphatic heterocycles. The van der Waals surface area contributed by atoms with Crippen LogP contribution in [0.1, 0.15) is 92.7 Å². The largest absolute Gasteiger partial charge is 0.514 e. The van der Waals surface area contributed by atoms with Crippen LogP contribution in [0.15, 0.2) is 24.0 Å². The van der Waals surface area contributed by atoms with Gasteiger partial charge in [0, 0.05) is 18.0 Å². The van der Waals surface area contributed by atoms with Crippen LogP contribution >= 0.6 is 0 Å². The van der Waals surface area contributed by atoms with Crippen LogP contribution in [-0.2, 0) is 45.1 Å². The van der Waals surface area contributed by atoms with E-state index in [4.69, 9.17) is 33.2 Å². The molecule has 264 valence electrons. The van der Waals surface area contributed by atoms with Crippen LogP contribution < -0.4 is 9.47 Å². The smallest absolute Gasteiger partial charge is 0.477 e. The third-order valence-corrected chi connectivity index (χ3v) is 8.80. The minimum atomic E-state index is -1.71. The van der Waals surface area contributed by atoms with E-state index in [1.165, 1.54) is 0 Å². The molecule has 5 atom stereocenters. The van der Waals surface area contributed by atoms with Crippen LogP contribution in [0.2, 0.25) is 0 Å². The van der Waals surface area contributed by atoms with Gasteiger partial charge in [0.2, 0.25) is 6.10 Å². The molecular weight excluding hydrogens is 626 g/mol. The fourth-order valence-corrected chi connectivity index (χ4v) is 7.15. The second-order valence-corrected chi connectivity index (χ2v) is 15.9. The van der Waals surface area contributed by atoms with Crippen molar-refractivity contribution in [3.05, 3.63) is 35.1 Å². The first-order chi connectivity index (χ1) is 22.0. The van der Waals surface area contributed by atoms with Crippen molar-refractivity contribution in [2.24, 2.45) is 0 Å². The molecule has 1 N–H and O–H groups in total. The quantitative estimate of drug-likeness (QED) is 0.248. The molecule has 48 heavy (non-hydrogen) atoms. The molecule has 1 aromatic rings. The second-order valence-electron chi connectivity index (χ2n) is 15.9. The minimum Gasteiger partial charge on any atom is -0.477 e. The summed E-state index contributed by atoms with van der Waals surface area (Å²) in [4.78, 5) is 54.1. The van der Waals surface area contributed by atoms with Crippen molar-refractivity contribution in [1.29, 1.82) is 0 Å². The van der Waals surface area contributed by atoms with Gasteiger partial charge in [0.15, 0.2) is 17.6 Å². The number of hydrogen-bond acceptors (Lipinski definition) is 13. The highest BCUT2D eigenvalue weighted by atomic mass is 16.7. The normalized spacial score (nSPS) is 26.6. The summed E-state index contributed by atoms with van der Waals surface area (Å²) in [6.07, 6.45) is -2.79. The maximum Gasteiger partial charge on any atom is 0.514 e. The van der Waals surface area contributed by atoms with Crippen LogP contribution in [-0.4, -0.2) is 88.5 Å². The molecule has 0 unspecified atom stereocenters. The Balaban J connectivity index is 1.49. The van der Waals surface area contributed by atoms with E-state index in [2.05, 4.69) is 4.90 Å². The number of carbonyl (C=O) groups excluding carboxylic acids is 4. The minimum absolute atomic E-state index is 0.0715. The molecule has 13 heteroatoms. The second kappa shape index (κ2) is 11.9. The first-order valence-corrected chi connectivity index (χ1v) is 16.2. The van der Waals surface area contributed by atoms with Crippen LogP contribution in [0.5, 0.6) is 11.5 Å². The van der Waals surface area contributed by atoms with Crippen molar-refractivity contribution in [1.82, 2.24) is 4.90 Å². The third-order valence-electron chi connectivity index (χ3n) is 8.80. The Morgan fingerprint density at radius 1 is 0.938 bits per heavy atom. The predicted molar refractivity (Wildman–Crippen MR) is 169 cm³/mol. The SMILES string of the molecule is CN1CC[C@]23c4c5ccc(OC(=O)OC(C)(C)C)c4O[C@H]2C(OC(=O)[C@H](CC(=O)OC(C)(C)C)OC(=O)OC(C)(C)C)=CC[C@@]3(O)[C@@H]1C5. The van der Waals surface area contributed by atoms with Gasteiger partial charge >= 0.3 is 24.2 Å². The van der Waals surface area contributed by atoms with E-state index in [-0.39, 0.29) is 29.7 Å². The van der Waals surface area contributed by atoms with Crippen molar-refractivity contribution >= 4 is 24.2 Å². The first-order valence-electron chi connectivity index (χ1n) is 16.2. The van der Waals surface area contributed by atoms with Crippen molar-refractivity contribution in [2.75, 3.05) is 13.6 Å². The highest BCUT2D eigenvalue weighted by Crippen LogP contribution is 2.65. The molecule has 2 bridgehead atoms. The van der Waals surface area contributed by atoms with E-state index < -0.39 is 70.7 Å². The molecule has 2 aliphatic carbocycles. The number of piperidine rings is 1. The van der Waals surface area contributed by atoms with Crippen molar-refractivity contribution in [2.45, 2.75) is 134 Å². The Morgan fingerprint density at radius 3 is 2.19 bits per heavy atom. The third kappa shape index (κ3) is 6.71. The zero-order valence-corrected chi connectivity index (χ0v) is 29.4. The van der Waals surface area contributed by atoms with Gasteiger partial charge in [-0.1, -0.05) is 6.07 Å². The van der Waals surface area contributed by atoms with E-state index >= 15 is 0 Å². The molecule has 0 aromatic heterocycles. The number of likely N-dealkylation sites (tertiary alicyclic amines) is 1. The highest BCUT2D eigenvalue weighted by Gasteiger charge is 2.72. The number of hydrogen-bond donors (Lipinski definition) is 1. The molecule has 0 saturated carbocycles. The first kappa shape index (κ1) is 35.5. The standard InChI is InChI=1S/C35H47NO12/c1-31(2,3)46-24(37)18-22(44-30(40)48-33(7,8)9)28(38)42-21-13-14-35(41)23-17-19-11-12-20(43-29(39)47-32(4,5)6)26-25(19)34(35,27(21)45-26)15-16-36(23)10/h11-13,22-23,27,41H,14-18H2,1-10H3/t22-,23-,27-,34-,35+/m0/s1. The number of likely N-dealkylation sites (N-methyl/N-ethyl adjacent to an activating group) is 1. The lowest BCUT2D eigenvalue weighted by atomic mass is 9.50. The molecule has 1 fully saturated rings. The van der Waals surface area contributed by atoms with Gasteiger partial charge in [0.25, 0.3) is 0 Å². The molecule has 2 heterocycles. The van der Waals surface area contributed by atoms with Crippen molar-refractivity contribution in [3.8, 4) is 11.5 Å². The summed E-state index contributed by atoms with van der Waals surface area (Å²) < 4.78 is 39.4. The van der Waals surface area contributed by atoms with E-state index in [9.17, 15) is 24.3 Å². The summed E-state index contributed by atoms with van der Waals surface area (Å²) in [7, 11) is 1.96. The Hall–Kier alpha value is -3.84. The van der Waals surface area contributed by atoms with Crippen LogP contribution in [0.3, 0.4) is 0 Å². The Kier molecular flexibility index (Phi) is 8.82. The number of nitrogens with zero attached hydrogens (tertiary/aromatic N) is 1. The number of esters is 2. The predicted octanol–water partition coefficient (Wildman–Crippen LogP) is 4.87. The molecule has 0 amide bonds. The number of aliphatic hydroxyl groups is 1. The van der Waals surface area contributed by atoms with E-state index in [1.807, 2.05) is 13.1 Å². The zero-order valence-electron chi connectivity index (χ0n) is 29.4. The maximum absolute atomic E-state index is 13.8. The van der Waals surface area contributed by atoms with Gasteiger partial charge in [-0.3, -0.25) is 4.79 Å². The summed E-state index contributed by atoms with van der Waals surface area (Å²) in [5, 5.41) is 12.5. The maximum atomic E-state index is 13.8. The van der Waals surface area contributed by atoms with Crippen molar-refractivity contribution < 1.29 is 57.4 Å². The molecule has 0 radical (unpaired) electrons. The number of carbonyl (C=O) groups is 4. The van der Waals surface area contributed by atoms with E-state index in [0.29, 0.717) is 24.9 Å². The van der Waals surface area contributed by atoms with Gasteiger partial charge in [-0.05, 0) is 106 Å². The molecule has 1 aromatic carbocycles. The van der Waals surface area contributed by atoms with Gasteiger partial charge in [-0.25, -0.2) is 14.4 Å². The monoisotopic (exact) mass is 673 g/mol. The van der Waals surface area contributed by atoms with Crippen LogP contribution in [0.25, 0.3) is 0 Å². The summed E-state index contributed by atoms with van der Waals surface area (Å²) >= 11 is 0. The fraction of sp³-hybridized carbons (Fsp3) is 0.657. The van der Waals surface area contributed by atoms with E-state index in [0.717, 1.165) is 5.56 Å². The van der Waals surface area contributed by atoms with Crippen LogP contribution in [0, 0.1) is 0 Å². The average Bonchev–Trinajstić information content (AvgIpc) is 3.26. The van der Waals surface area contributed by atoms with Gasteiger partial charge in [-0.15, -0.1) is 0 Å². The topological polar surface area (TPSA) is 156 Å². The number of benzene rings is 1. The molecule has 1 saturated heterocycles.